The van der Waals surface area contributed by atoms with Gasteiger partial charge in [-0.25, -0.2) is 0 Å². The van der Waals surface area contributed by atoms with Crippen LogP contribution in [0.1, 0.15) is 9.67 Å². The van der Waals surface area contributed by atoms with E-state index in [1.54, 1.807) is 12.3 Å². The number of nitrogens with zero attached hydrogens (tertiary/aromatic N) is 1. The molecule has 0 saturated heterocycles. The van der Waals surface area contributed by atoms with Crippen molar-refractivity contribution in [1.82, 2.24) is 4.57 Å². The number of pyridine rings is 1. The largest absolute Gasteiger partial charge is 0.339 e. The third-order valence-electron chi connectivity index (χ3n) is 3.05. The van der Waals surface area contributed by atoms with E-state index in [9.17, 15) is 9.59 Å². The van der Waals surface area contributed by atoms with Crippen LogP contribution in [-0.4, -0.2) is 10.4 Å². The third kappa shape index (κ3) is 2.46. The second-order valence-corrected chi connectivity index (χ2v) is 6.81. The summed E-state index contributed by atoms with van der Waals surface area (Å²) in [5, 5.41) is 0.634. The van der Waals surface area contributed by atoms with Crippen molar-refractivity contribution in [2.24, 2.45) is 0 Å². The van der Waals surface area contributed by atoms with Crippen LogP contribution in [0.25, 0.3) is 10.9 Å². The summed E-state index contributed by atoms with van der Waals surface area (Å²) >= 11 is 4.77. The van der Waals surface area contributed by atoms with E-state index in [2.05, 4.69) is 15.9 Å². The Balaban J connectivity index is 2.01. The van der Waals surface area contributed by atoms with E-state index in [0.29, 0.717) is 10.3 Å². The van der Waals surface area contributed by atoms with Gasteiger partial charge < -0.3 is 4.57 Å². The fourth-order valence-corrected chi connectivity index (χ4v) is 3.41. The Hall–Kier alpha value is -1.72. The number of fused-ring (bicyclic) bond motifs is 1. The molecule has 5 heteroatoms. The molecule has 0 bridgehead atoms. The average Bonchev–Trinajstić information content (AvgIpc) is 2.89. The Morgan fingerprint density at radius 1 is 1.15 bits per heavy atom. The Bertz CT molecular complexity index is 850. The summed E-state index contributed by atoms with van der Waals surface area (Å²) in [4.78, 5) is 24.7. The highest BCUT2D eigenvalue weighted by molar-refractivity contribution is 9.11. The first-order chi connectivity index (χ1) is 9.65. The maximum Gasteiger partial charge on any atom is 0.192 e. The van der Waals surface area contributed by atoms with E-state index in [0.717, 1.165) is 9.30 Å². The number of carbonyl (C=O) groups is 1. The van der Waals surface area contributed by atoms with Crippen molar-refractivity contribution in [1.29, 1.82) is 0 Å². The number of benzene rings is 1. The molecule has 3 nitrogen and oxygen atoms in total. The van der Waals surface area contributed by atoms with Crippen molar-refractivity contribution in [2.45, 2.75) is 6.54 Å². The van der Waals surface area contributed by atoms with Gasteiger partial charge in [0.25, 0.3) is 0 Å². The molecule has 3 aromatic rings. The van der Waals surface area contributed by atoms with Crippen molar-refractivity contribution < 1.29 is 4.79 Å². The lowest BCUT2D eigenvalue weighted by Crippen LogP contribution is -2.13. The molecular weight excluding hydrogens is 338 g/mol. The molecule has 2 heterocycles. The molecule has 20 heavy (non-hydrogen) atoms. The number of carbonyl (C=O) groups excluding carboxylic acids is 1. The molecule has 0 fully saturated rings. The molecule has 100 valence electrons. The normalized spacial score (nSPS) is 10.8. The Morgan fingerprint density at radius 2 is 1.95 bits per heavy atom. The maximum atomic E-state index is 12.2. The fourth-order valence-electron chi connectivity index (χ4n) is 2.09. The Morgan fingerprint density at radius 3 is 2.70 bits per heavy atom. The highest BCUT2D eigenvalue weighted by atomic mass is 79.9. The predicted octanol–water partition coefficient (Wildman–Crippen LogP) is 3.71. The summed E-state index contributed by atoms with van der Waals surface area (Å²) in [7, 11) is 0. The van der Waals surface area contributed by atoms with E-state index in [4.69, 9.17) is 0 Å². The molecule has 0 spiro atoms. The number of thiophene rings is 1. The van der Waals surface area contributed by atoms with Crippen LogP contribution in [0, 0.1) is 0 Å². The smallest absolute Gasteiger partial charge is 0.192 e. The van der Waals surface area contributed by atoms with Gasteiger partial charge in [-0.2, -0.15) is 0 Å². The number of para-hydroxylation sites is 1. The molecular formula is C15H10BrNO2S. The molecule has 0 amide bonds. The second kappa shape index (κ2) is 5.34. The van der Waals surface area contributed by atoms with E-state index < -0.39 is 0 Å². The van der Waals surface area contributed by atoms with Gasteiger partial charge in [-0.1, -0.05) is 12.1 Å². The lowest BCUT2D eigenvalue weighted by atomic mass is 10.2. The first-order valence-corrected chi connectivity index (χ1v) is 7.63. The SMILES string of the molecule is O=C(Cn1ccc(=O)c2ccccc21)c1ccc(Br)s1. The van der Waals surface area contributed by atoms with Crippen LogP contribution in [0.15, 0.2) is 57.2 Å². The van der Waals surface area contributed by atoms with Crippen LogP contribution in [-0.2, 0) is 6.54 Å². The molecule has 0 saturated carbocycles. The molecule has 0 atom stereocenters. The highest BCUT2D eigenvalue weighted by Gasteiger charge is 2.11. The Kier molecular flexibility index (Phi) is 3.54. The van der Waals surface area contributed by atoms with Crippen LogP contribution >= 0.6 is 27.3 Å². The van der Waals surface area contributed by atoms with Gasteiger partial charge in [-0.3, -0.25) is 9.59 Å². The number of halogens is 1. The molecule has 0 unspecified atom stereocenters. The van der Waals surface area contributed by atoms with Gasteiger partial charge in [0.2, 0.25) is 0 Å². The van der Waals surface area contributed by atoms with Gasteiger partial charge in [0, 0.05) is 17.6 Å². The number of hydrogen-bond donors (Lipinski definition) is 0. The summed E-state index contributed by atoms with van der Waals surface area (Å²) in [6.07, 6.45) is 1.67. The number of Topliss-reactive ketones (excluding diaryl/α,β-unsaturated/α-hetero) is 1. The van der Waals surface area contributed by atoms with Crippen LogP contribution in [0.5, 0.6) is 0 Å². The van der Waals surface area contributed by atoms with Crippen LogP contribution in [0.2, 0.25) is 0 Å². The fraction of sp³-hybridized carbons (Fsp3) is 0.0667. The second-order valence-electron chi connectivity index (χ2n) is 4.35. The lowest BCUT2D eigenvalue weighted by Gasteiger charge is -2.09. The summed E-state index contributed by atoms with van der Waals surface area (Å²) in [6.45, 7) is 0.230. The zero-order valence-corrected chi connectivity index (χ0v) is 12.8. The molecule has 0 N–H and O–H groups in total. The first-order valence-electron chi connectivity index (χ1n) is 6.02. The van der Waals surface area contributed by atoms with Gasteiger partial charge in [-0.15, -0.1) is 11.3 Å². The molecule has 0 aliphatic carbocycles. The standard InChI is InChI=1S/C15H10BrNO2S/c16-15-6-5-14(20-15)13(19)9-17-8-7-12(18)10-3-1-2-4-11(10)17/h1-8H,9H2. The molecule has 0 radical (unpaired) electrons. The van der Waals surface area contributed by atoms with Crippen molar-refractivity contribution >= 4 is 44.0 Å². The van der Waals surface area contributed by atoms with Gasteiger partial charge in [-0.05, 0) is 40.2 Å². The van der Waals surface area contributed by atoms with Gasteiger partial charge in [0.05, 0.1) is 20.7 Å². The van der Waals surface area contributed by atoms with Crippen LogP contribution < -0.4 is 5.43 Å². The minimum Gasteiger partial charge on any atom is -0.339 e. The molecule has 2 aromatic heterocycles. The van der Waals surface area contributed by atoms with Crippen LogP contribution in [0.3, 0.4) is 0 Å². The summed E-state index contributed by atoms with van der Waals surface area (Å²) in [6, 6.07) is 12.5. The number of hydrogen-bond acceptors (Lipinski definition) is 3. The summed E-state index contributed by atoms with van der Waals surface area (Å²) in [5.74, 6) is 0.0366. The summed E-state index contributed by atoms with van der Waals surface area (Å²) < 4.78 is 2.75. The van der Waals surface area contributed by atoms with E-state index in [1.807, 2.05) is 34.9 Å². The molecule has 0 aliphatic heterocycles. The van der Waals surface area contributed by atoms with Gasteiger partial charge >= 0.3 is 0 Å². The Labute approximate surface area is 127 Å². The maximum absolute atomic E-state index is 12.2. The first kappa shape index (κ1) is 13.3. The van der Waals surface area contributed by atoms with Crippen molar-refractivity contribution in [2.75, 3.05) is 0 Å². The zero-order valence-electron chi connectivity index (χ0n) is 10.4. The third-order valence-corrected chi connectivity index (χ3v) is 4.71. The zero-order chi connectivity index (χ0) is 14.1. The van der Waals surface area contributed by atoms with Gasteiger partial charge in [0.1, 0.15) is 0 Å². The van der Waals surface area contributed by atoms with Crippen molar-refractivity contribution in [3.05, 3.63) is 67.5 Å². The van der Waals surface area contributed by atoms with E-state index in [-0.39, 0.29) is 17.8 Å². The van der Waals surface area contributed by atoms with E-state index in [1.165, 1.54) is 17.4 Å². The predicted molar refractivity (Wildman–Crippen MR) is 84.6 cm³/mol. The summed E-state index contributed by atoms with van der Waals surface area (Å²) in [5.41, 5.74) is 0.757. The monoisotopic (exact) mass is 347 g/mol. The topological polar surface area (TPSA) is 39.1 Å². The highest BCUT2D eigenvalue weighted by Crippen LogP contribution is 2.23. The lowest BCUT2D eigenvalue weighted by molar-refractivity contribution is 0.0977. The average molecular weight is 348 g/mol. The van der Waals surface area contributed by atoms with Crippen LogP contribution in [0.4, 0.5) is 0 Å². The van der Waals surface area contributed by atoms with Crippen molar-refractivity contribution in [3.63, 3.8) is 0 Å². The van der Waals surface area contributed by atoms with Gasteiger partial charge in [0.15, 0.2) is 11.2 Å². The minimum atomic E-state index is -0.0248. The molecule has 0 aliphatic rings. The quantitative estimate of drug-likeness (QED) is 0.677. The minimum absolute atomic E-state index is 0.0248. The molecule has 3 rings (SSSR count). The van der Waals surface area contributed by atoms with E-state index >= 15 is 0 Å². The molecule has 1 aromatic carbocycles. The number of ketones is 1. The van der Waals surface area contributed by atoms with Crippen molar-refractivity contribution in [3.8, 4) is 0 Å². The number of aromatic nitrogens is 1. The number of rotatable bonds is 3.